The van der Waals surface area contributed by atoms with Gasteiger partial charge in [-0.1, -0.05) is 61.5 Å². The van der Waals surface area contributed by atoms with Crippen LogP contribution in [0.1, 0.15) is 39.5 Å². The van der Waals surface area contributed by atoms with Crippen LogP contribution in [0.15, 0.2) is 0 Å². The molecule has 0 saturated heterocycles. The Kier molecular flexibility index (Phi) is 8.70. The molecule has 0 rings (SSSR count). The summed E-state index contributed by atoms with van der Waals surface area (Å²) in [5.41, 5.74) is 0. The van der Waals surface area contributed by atoms with Crippen molar-refractivity contribution in [1.82, 2.24) is 0 Å². The van der Waals surface area contributed by atoms with E-state index < -0.39 is 11.1 Å². The van der Waals surface area contributed by atoms with E-state index in [1.807, 2.05) is 13.8 Å². The molecular formula is C9H18Cl3O3P. The molecule has 0 aromatic carbocycles. The van der Waals surface area contributed by atoms with Crippen molar-refractivity contribution in [2.75, 3.05) is 13.2 Å². The zero-order valence-corrected chi connectivity index (χ0v) is 12.7. The first-order valence-corrected chi connectivity index (χ1v) is 8.01. The second-order valence-corrected chi connectivity index (χ2v) is 8.59. The highest BCUT2D eigenvalue weighted by Gasteiger charge is 2.47. The fraction of sp³-hybridized carbons (Fsp3) is 1.00. The van der Waals surface area contributed by atoms with Gasteiger partial charge in [0.1, 0.15) is 0 Å². The van der Waals surface area contributed by atoms with Crippen LogP contribution in [-0.4, -0.2) is 16.7 Å². The molecule has 98 valence electrons. The van der Waals surface area contributed by atoms with Gasteiger partial charge in [0.15, 0.2) is 0 Å². The van der Waals surface area contributed by atoms with Crippen LogP contribution in [0.4, 0.5) is 0 Å². The lowest BCUT2D eigenvalue weighted by molar-refractivity contribution is 0.199. The van der Waals surface area contributed by atoms with Crippen LogP contribution in [0.2, 0.25) is 0 Å². The van der Waals surface area contributed by atoms with Gasteiger partial charge in [-0.15, -0.1) is 0 Å². The van der Waals surface area contributed by atoms with E-state index in [2.05, 4.69) is 0 Å². The number of unbranched alkanes of at least 4 members (excludes halogenated alkanes) is 2. The molecule has 0 heterocycles. The molecular weight excluding hydrogens is 293 g/mol. The van der Waals surface area contributed by atoms with Gasteiger partial charge >= 0.3 is 7.60 Å². The minimum absolute atomic E-state index is 0.272. The lowest BCUT2D eigenvalue weighted by Crippen LogP contribution is -2.12. The summed E-state index contributed by atoms with van der Waals surface area (Å²) in [6, 6.07) is 0. The molecule has 0 amide bonds. The third-order valence-corrected chi connectivity index (χ3v) is 5.36. The summed E-state index contributed by atoms with van der Waals surface area (Å²) in [5.74, 6) is 0. The Balaban J connectivity index is 4.33. The fourth-order valence-corrected chi connectivity index (χ4v) is 2.83. The maximum absolute atomic E-state index is 12.1. The Bertz CT molecular complexity index is 217. The predicted molar refractivity (Wildman–Crippen MR) is 69.6 cm³/mol. The molecule has 7 heteroatoms. The average molecular weight is 312 g/mol. The quantitative estimate of drug-likeness (QED) is 0.354. The Morgan fingerprint density at radius 1 is 1.00 bits per heavy atom. The number of alkyl halides is 3. The van der Waals surface area contributed by atoms with Gasteiger partial charge in [-0.2, -0.15) is 0 Å². The van der Waals surface area contributed by atoms with Crippen LogP contribution >= 0.6 is 42.4 Å². The minimum atomic E-state index is -3.67. The van der Waals surface area contributed by atoms with Crippen molar-refractivity contribution < 1.29 is 13.6 Å². The average Bonchev–Trinajstić information content (AvgIpc) is 2.17. The van der Waals surface area contributed by atoms with E-state index in [9.17, 15) is 4.57 Å². The normalized spacial score (nSPS) is 13.1. The van der Waals surface area contributed by atoms with Gasteiger partial charge in [0.2, 0.25) is 0 Å². The van der Waals surface area contributed by atoms with Gasteiger partial charge in [-0.3, -0.25) is 4.57 Å². The van der Waals surface area contributed by atoms with E-state index in [0.29, 0.717) is 0 Å². The van der Waals surface area contributed by atoms with Gasteiger partial charge in [0.25, 0.3) is 3.53 Å². The highest BCUT2D eigenvalue weighted by molar-refractivity contribution is 7.62. The molecule has 0 radical (unpaired) electrons. The first-order valence-electron chi connectivity index (χ1n) is 5.33. The molecule has 0 aliphatic carbocycles. The van der Waals surface area contributed by atoms with Crippen LogP contribution in [0.5, 0.6) is 0 Å². The van der Waals surface area contributed by atoms with Crippen LogP contribution in [0.3, 0.4) is 0 Å². The molecule has 0 aromatic heterocycles. The Morgan fingerprint density at radius 2 is 1.38 bits per heavy atom. The zero-order chi connectivity index (χ0) is 12.7. The fourth-order valence-electron chi connectivity index (χ4n) is 0.842. The second-order valence-electron chi connectivity index (χ2n) is 3.34. The molecule has 0 aromatic rings. The van der Waals surface area contributed by atoms with Gasteiger partial charge in [0.05, 0.1) is 13.2 Å². The van der Waals surface area contributed by atoms with E-state index >= 15 is 0 Å². The topological polar surface area (TPSA) is 35.5 Å². The lowest BCUT2D eigenvalue weighted by atomic mass is 10.4. The van der Waals surface area contributed by atoms with Gasteiger partial charge < -0.3 is 9.05 Å². The molecule has 0 unspecified atom stereocenters. The summed E-state index contributed by atoms with van der Waals surface area (Å²) >= 11 is 16.8. The van der Waals surface area contributed by atoms with Gasteiger partial charge in [-0.25, -0.2) is 0 Å². The first-order chi connectivity index (χ1) is 7.37. The summed E-state index contributed by atoms with van der Waals surface area (Å²) in [6.45, 7) is 4.52. The van der Waals surface area contributed by atoms with E-state index in [0.717, 1.165) is 25.7 Å². The van der Waals surface area contributed by atoms with Crippen molar-refractivity contribution in [3.8, 4) is 0 Å². The minimum Gasteiger partial charge on any atom is -0.306 e. The summed E-state index contributed by atoms with van der Waals surface area (Å²) in [4.78, 5) is 0. The van der Waals surface area contributed by atoms with Crippen molar-refractivity contribution in [3.05, 3.63) is 0 Å². The number of hydrogen-bond donors (Lipinski definition) is 0. The number of halogens is 3. The van der Waals surface area contributed by atoms with E-state index in [1.165, 1.54) is 0 Å². The standard InChI is InChI=1S/C9H18Cl3O3P/c1-3-5-7-14-16(13,9(10,11)12)15-8-6-4-2/h3-8H2,1-2H3. The summed E-state index contributed by atoms with van der Waals surface area (Å²) in [6.07, 6.45) is 3.33. The molecule has 0 spiro atoms. The smallest absolute Gasteiger partial charge is 0.306 e. The van der Waals surface area contributed by atoms with E-state index in [4.69, 9.17) is 43.9 Å². The van der Waals surface area contributed by atoms with Crippen LogP contribution in [0, 0.1) is 0 Å². The summed E-state index contributed by atoms with van der Waals surface area (Å²) in [5, 5.41) is 0. The number of rotatable bonds is 8. The Morgan fingerprint density at radius 3 is 1.62 bits per heavy atom. The molecule has 16 heavy (non-hydrogen) atoms. The van der Waals surface area contributed by atoms with Crippen molar-refractivity contribution in [1.29, 1.82) is 0 Å². The maximum Gasteiger partial charge on any atom is 0.381 e. The SMILES string of the molecule is CCCCOP(=O)(OCCCC)C(Cl)(Cl)Cl. The third kappa shape index (κ3) is 6.09. The maximum atomic E-state index is 12.1. The molecule has 0 N–H and O–H groups in total. The van der Waals surface area contributed by atoms with Crippen molar-refractivity contribution in [3.63, 3.8) is 0 Å². The molecule has 0 saturated carbocycles. The first kappa shape index (κ1) is 17.0. The third-order valence-electron chi connectivity index (χ3n) is 1.83. The zero-order valence-electron chi connectivity index (χ0n) is 9.55. The van der Waals surface area contributed by atoms with Gasteiger partial charge in [0, 0.05) is 0 Å². The molecule has 0 atom stereocenters. The van der Waals surface area contributed by atoms with Crippen molar-refractivity contribution in [2.45, 2.75) is 43.1 Å². The van der Waals surface area contributed by atoms with Crippen LogP contribution in [0.25, 0.3) is 0 Å². The second kappa shape index (κ2) is 8.18. The monoisotopic (exact) mass is 310 g/mol. The molecule has 0 aliphatic heterocycles. The summed E-state index contributed by atoms with van der Waals surface area (Å²) in [7, 11) is -3.67. The van der Waals surface area contributed by atoms with Gasteiger partial charge in [-0.05, 0) is 12.8 Å². The lowest BCUT2D eigenvalue weighted by Gasteiger charge is -2.24. The predicted octanol–water partition coefficient (Wildman–Crippen LogP) is 5.14. The molecule has 0 aliphatic rings. The van der Waals surface area contributed by atoms with E-state index in [-0.39, 0.29) is 13.2 Å². The van der Waals surface area contributed by atoms with Crippen LogP contribution in [-0.2, 0) is 13.6 Å². The van der Waals surface area contributed by atoms with Crippen LogP contribution < -0.4 is 0 Å². The highest BCUT2D eigenvalue weighted by atomic mass is 35.6. The van der Waals surface area contributed by atoms with Crippen molar-refractivity contribution >= 4 is 42.4 Å². The molecule has 3 nitrogen and oxygen atoms in total. The van der Waals surface area contributed by atoms with Crippen molar-refractivity contribution in [2.24, 2.45) is 0 Å². The van der Waals surface area contributed by atoms with E-state index in [1.54, 1.807) is 0 Å². The Labute approximate surface area is 112 Å². The number of hydrogen-bond acceptors (Lipinski definition) is 3. The summed E-state index contributed by atoms with van der Waals surface area (Å²) < 4.78 is 20.4. The highest BCUT2D eigenvalue weighted by Crippen LogP contribution is 2.66. The molecule has 0 bridgehead atoms. The Hall–Kier alpha value is 1.02. The molecule has 0 fully saturated rings. The largest absolute Gasteiger partial charge is 0.381 e.